The molecule has 1 aliphatic heterocycles. The van der Waals surface area contributed by atoms with E-state index in [9.17, 15) is 4.57 Å². The van der Waals surface area contributed by atoms with Gasteiger partial charge in [-0.3, -0.25) is 9.05 Å². The summed E-state index contributed by atoms with van der Waals surface area (Å²) in [7, 11) is -2.76. The number of β-amino-alcohol motifs (C(OH)–C–C–N with tert-alkyl or cyclic N) is 1. The Labute approximate surface area is 76.5 Å². The van der Waals surface area contributed by atoms with Gasteiger partial charge in [-0.15, -0.1) is 0 Å². The molecule has 1 fully saturated rings. The molecule has 1 rings (SSSR count). The summed E-state index contributed by atoms with van der Waals surface area (Å²) in [6, 6.07) is -0.0781. The van der Waals surface area contributed by atoms with E-state index in [4.69, 9.17) is 10.00 Å². The summed E-state index contributed by atoms with van der Waals surface area (Å²) >= 11 is 0. The van der Waals surface area contributed by atoms with Crippen LogP contribution >= 0.6 is 7.82 Å². The summed E-state index contributed by atoms with van der Waals surface area (Å²) in [6.45, 7) is 0.565. The average molecular weight is 211 g/mol. The van der Waals surface area contributed by atoms with Gasteiger partial charge in [-0.2, -0.15) is 0 Å². The maximum Gasteiger partial charge on any atom is 0.471 e. The van der Waals surface area contributed by atoms with Crippen LogP contribution in [0.3, 0.4) is 0 Å². The molecular formula is C6H14NO5P. The Morgan fingerprint density at radius 2 is 2.38 bits per heavy atom. The van der Waals surface area contributed by atoms with Crippen molar-refractivity contribution in [1.82, 2.24) is 5.32 Å². The molecule has 3 N–H and O–H groups in total. The second kappa shape index (κ2) is 4.50. The van der Waals surface area contributed by atoms with Crippen LogP contribution < -0.4 is 5.32 Å². The molecule has 1 unspecified atom stereocenters. The van der Waals surface area contributed by atoms with E-state index in [0.717, 1.165) is 7.11 Å². The molecule has 0 radical (unpaired) electrons. The van der Waals surface area contributed by atoms with E-state index < -0.39 is 13.9 Å². The normalized spacial score (nSPS) is 33.2. The van der Waals surface area contributed by atoms with Gasteiger partial charge in [-0.25, -0.2) is 4.57 Å². The molecule has 1 aliphatic rings. The molecular weight excluding hydrogens is 197 g/mol. The molecule has 6 nitrogen and oxygen atoms in total. The topological polar surface area (TPSA) is 88.0 Å². The summed E-state index contributed by atoms with van der Waals surface area (Å²) in [4.78, 5) is 8.87. The highest BCUT2D eigenvalue weighted by Gasteiger charge is 2.26. The Kier molecular flexibility index (Phi) is 3.85. The first kappa shape index (κ1) is 11.1. The molecule has 1 heterocycles. The van der Waals surface area contributed by atoms with Crippen LogP contribution in [0.5, 0.6) is 0 Å². The van der Waals surface area contributed by atoms with Gasteiger partial charge in [0.15, 0.2) is 0 Å². The van der Waals surface area contributed by atoms with Gasteiger partial charge in [0.25, 0.3) is 0 Å². The highest BCUT2D eigenvalue weighted by molar-refractivity contribution is 7.47. The van der Waals surface area contributed by atoms with Gasteiger partial charge in [0.05, 0.1) is 12.7 Å². The highest BCUT2D eigenvalue weighted by atomic mass is 31.2. The lowest BCUT2D eigenvalue weighted by atomic mass is 10.2. The number of hydrogen-bond donors (Lipinski definition) is 3. The first-order chi connectivity index (χ1) is 6.03. The Hall–Kier alpha value is 0.0300. The Morgan fingerprint density at radius 3 is 2.85 bits per heavy atom. The summed E-state index contributed by atoms with van der Waals surface area (Å²) in [6.07, 6.45) is 0.137. The first-order valence-electron chi connectivity index (χ1n) is 3.98. The molecule has 0 aliphatic carbocycles. The second-order valence-corrected chi connectivity index (χ2v) is 4.50. The minimum absolute atomic E-state index is 0.0681. The quantitative estimate of drug-likeness (QED) is 0.542. The third-order valence-corrected chi connectivity index (χ3v) is 2.81. The molecule has 0 bridgehead atoms. The van der Waals surface area contributed by atoms with Crippen LogP contribution in [0.15, 0.2) is 0 Å². The number of hydrogen-bond acceptors (Lipinski definition) is 5. The molecule has 0 amide bonds. The zero-order valence-electron chi connectivity index (χ0n) is 7.34. The average Bonchev–Trinajstić information content (AvgIpc) is 2.48. The second-order valence-electron chi connectivity index (χ2n) is 2.94. The van der Waals surface area contributed by atoms with Gasteiger partial charge in [0, 0.05) is 19.7 Å². The molecule has 0 aromatic rings. The Balaban J connectivity index is 2.23. The lowest BCUT2D eigenvalue weighted by Gasteiger charge is -2.13. The zero-order chi connectivity index (χ0) is 9.90. The number of rotatable bonds is 4. The van der Waals surface area contributed by atoms with Crippen molar-refractivity contribution in [2.75, 3.05) is 20.3 Å². The molecule has 0 aromatic heterocycles. The maximum atomic E-state index is 10.8. The minimum Gasteiger partial charge on any atom is -0.392 e. The van der Waals surface area contributed by atoms with Crippen LogP contribution in [-0.4, -0.2) is 42.4 Å². The van der Waals surface area contributed by atoms with Crippen molar-refractivity contribution in [2.45, 2.75) is 18.6 Å². The van der Waals surface area contributed by atoms with Crippen LogP contribution in [0.1, 0.15) is 6.42 Å². The molecule has 0 aromatic carbocycles. The van der Waals surface area contributed by atoms with Crippen molar-refractivity contribution in [1.29, 1.82) is 0 Å². The van der Waals surface area contributed by atoms with Crippen molar-refractivity contribution in [2.24, 2.45) is 0 Å². The number of aliphatic hydroxyl groups excluding tert-OH is 1. The number of aliphatic hydroxyl groups is 1. The number of phosphoric ester groups is 1. The van der Waals surface area contributed by atoms with Crippen molar-refractivity contribution < 1.29 is 23.6 Å². The molecule has 0 saturated carbocycles. The van der Waals surface area contributed by atoms with Crippen LogP contribution in [0, 0.1) is 0 Å². The smallest absolute Gasteiger partial charge is 0.392 e. The van der Waals surface area contributed by atoms with Gasteiger partial charge in [-0.1, -0.05) is 0 Å². The van der Waals surface area contributed by atoms with E-state index >= 15 is 0 Å². The van der Waals surface area contributed by atoms with Crippen molar-refractivity contribution in [3.05, 3.63) is 0 Å². The Bertz CT molecular complexity index is 211. The van der Waals surface area contributed by atoms with Gasteiger partial charge in [0.2, 0.25) is 0 Å². The fourth-order valence-corrected chi connectivity index (χ4v) is 1.64. The van der Waals surface area contributed by atoms with E-state index in [1.54, 1.807) is 0 Å². The largest absolute Gasteiger partial charge is 0.471 e. The molecule has 78 valence electrons. The fourth-order valence-electron chi connectivity index (χ4n) is 1.16. The molecule has 0 spiro atoms. The van der Waals surface area contributed by atoms with Crippen LogP contribution in [-0.2, 0) is 13.6 Å². The summed E-state index contributed by atoms with van der Waals surface area (Å²) in [5.74, 6) is 0. The van der Waals surface area contributed by atoms with Gasteiger partial charge < -0.3 is 15.3 Å². The third kappa shape index (κ3) is 3.72. The lowest BCUT2D eigenvalue weighted by molar-refractivity contribution is 0.153. The van der Waals surface area contributed by atoms with Gasteiger partial charge in [0.1, 0.15) is 0 Å². The third-order valence-electron chi connectivity index (χ3n) is 1.87. The van der Waals surface area contributed by atoms with Crippen LogP contribution in [0.4, 0.5) is 0 Å². The molecule has 13 heavy (non-hydrogen) atoms. The monoisotopic (exact) mass is 211 g/mol. The molecule has 1 saturated heterocycles. The predicted octanol–water partition coefficient (Wildman–Crippen LogP) is -0.527. The van der Waals surface area contributed by atoms with Gasteiger partial charge in [-0.05, 0) is 6.42 Å². The van der Waals surface area contributed by atoms with E-state index in [2.05, 4.69) is 14.4 Å². The van der Waals surface area contributed by atoms with Crippen LogP contribution in [0.25, 0.3) is 0 Å². The van der Waals surface area contributed by atoms with E-state index in [1.165, 1.54) is 0 Å². The van der Waals surface area contributed by atoms with Gasteiger partial charge >= 0.3 is 7.82 Å². The maximum absolute atomic E-state index is 10.8. The minimum atomic E-state index is -3.87. The number of phosphoric acid groups is 1. The predicted molar refractivity (Wildman–Crippen MR) is 45.2 cm³/mol. The first-order valence-corrected chi connectivity index (χ1v) is 5.47. The van der Waals surface area contributed by atoms with Crippen molar-refractivity contribution in [3.8, 4) is 0 Å². The number of nitrogens with one attached hydrogen (secondary N) is 1. The van der Waals surface area contributed by atoms with Crippen molar-refractivity contribution in [3.63, 3.8) is 0 Å². The van der Waals surface area contributed by atoms with E-state index in [-0.39, 0.29) is 12.6 Å². The van der Waals surface area contributed by atoms with Crippen LogP contribution in [0.2, 0.25) is 0 Å². The van der Waals surface area contributed by atoms with E-state index in [1.807, 2.05) is 0 Å². The summed E-state index contributed by atoms with van der Waals surface area (Å²) in [5, 5.41) is 12.0. The lowest BCUT2D eigenvalue weighted by Crippen LogP contribution is -2.26. The summed E-state index contributed by atoms with van der Waals surface area (Å²) < 4.78 is 19.7. The SMILES string of the molecule is COP(=O)(O)OC[C@@H]1C[C@@H](O)CN1. The van der Waals surface area contributed by atoms with Crippen molar-refractivity contribution >= 4 is 7.82 Å². The Morgan fingerprint density at radius 1 is 1.69 bits per heavy atom. The molecule has 3 atom stereocenters. The molecule has 7 heteroatoms. The fraction of sp³-hybridized carbons (Fsp3) is 1.00. The van der Waals surface area contributed by atoms with E-state index in [0.29, 0.717) is 13.0 Å². The standard InChI is InChI=1S/C6H14NO5P/c1-11-13(9,10)12-4-5-2-6(8)3-7-5/h5-8H,2-4H2,1H3,(H,9,10)/t5-,6+/m0/s1. The highest BCUT2D eigenvalue weighted by Crippen LogP contribution is 2.42. The summed E-state index contributed by atoms with van der Waals surface area (Å²) in [5.41, 5.74) is 0. The zero-order valence-corrected chi connectivity index (χ0v) is 8.24.